The van der Waals surface area contributed by atoms with E-state index in [1.165, 1.54) is 6.33 Å². The molecule has 0 fully saturated rings. The number of aryl methyl sites for hydroxylation is 1. The second kappa shape index (κ2) is 5.03. The van der Waals surface area contributed by atoms with E-state index in [0.29, 0.717) is 41.4 Å². The Morgan fingerprint density at radius 1 is 1.39 bits per heavy atom. The number of imidazole rings is 1. The summed E-state index contributed by atoms with van der Waals surface area (Å²) in [6.07, 6.45) is 1.52. The SMILES string of the molecule is CCOC(=O)c1c(C)nc2nc[nH]c2c1OCC. The molecule has 0 spiro atoms. The van der Waals surface area contributed by atoms with E-state index in [0.717, 1.165) is 0 Å². The van der Waals surface area contributed by atoms with Gasteiger partial charge in [-0.05, 0) is 20.8 Å². The molecule has 0 aromatic carbocycles. The van der Waals surface area contributed by atoms with Crippen LogP contribution in [0, 0.1) is 6.92 Å². The molecule has 0 saturated carbocycles. The number of fused-ring (bicyclic) bond motifs is 1. The van der Waals surface area contributed by atoms with Crippen LogP contribution in [-0.4, -0.2) is 34.1 Å². The van der Waals surface area contributed by atoms with Crippen LogP contribution in [0.25, 0.3) is 11.2 Å². The largest absolute Gasteiger partial charge is 0.491 e. The molecule has 1 N–H and O–H groups in total. The molecule has 2 rings (SSSR count). The molecule has 6 heteroatoms. The van der Waals surface area contributed by atoms with Gasteiger partial charge in [0, 0.05) is 0 Å². The lowest BCUT2D eigenvalue weighted by atomic mass is 10.1. The summed E-state index contributed by atoms with van der Waals surface area (Å²) in [4.78, 5) is 23.2. The van der Waals surface area contributed by atoms with Crippen LogP contribution in [0.1, 0.15) is 29.9 Å². The number of hydrogen-bond acceptors (Lipinski definition) is 5. The van der Waals surface area contributed by atoms with E-state index in [-0.39, 0.29) is 0 Å². The highest BCUT2D eigenvalue weighted by Gasteiger charge is 2.22. The van der Waals surface area contributed by atoms with Gasteiger partial charge in [0.25, 0.3) is 0 Å². The Labute approximate surface area is 104 Å². The fourth-order valence-corrected chi connectivity index (χ4v) is 1.78. The first-order chi connectivity index (χ1) is 8.69. The number of rotatable bonds is 4. The fourth-order valence-electron chi connectivity index (χ4n) is 1.78. The van der Waals surface area contributed by atoms with Crippen LogP contribution in [-0.2, 0) is 4.74 Å². The van der Waals surface area contributed by atoms with Crippen molar-refractivity contribution in [3.63, 3.8) is 0 Å². The number of nitrogens with one attached hydrogen (secondary N) is 1. The number of nitrogens with zero attached hydrogens (tertiary/aromatic N) is 2. The van der Waals surface area contributed by atoms with E-state index in [1.54, 1.807) is 13.8 Å². The van der Waals surface area contributed by atoms with Crippen molar-refractivity contribution in [3.05, 3.63) is 17.6 Å². The van der Waals surface area contributed by atoms with E-state index in [4.69, 9.17) is 9.47 Å². The third kappa shape index (κ3) is 2.01. The Balaban J connectivity index is 2.64. The van der Waals surface area contributed by atoms with Gasteiger partial charge >= 0.3 is 5.97 Å². The van der Waals surface area contributed by atoms with Gasteiger partial charge in [-0.3, -0.25) is 0 Å². The number of aromatic amines is 1. The summed E-state index contributed by atoms with van der Waals surface area (Å²) in [7, 11) is 0. The van der Waals surface area contributed by atoms with Crippen LogP contribution in [0.4, 0.5) is 0 Å². The molecule has 2 aromatic heterocycles. The van der Waals surface area contributed by atoms with E-state index < -0.39 is 5.97 Å². The molecule has 0 bridgehead atoms. The van der Waals surface area contributed by atoms with Gasteiger partial charge in [0.05, 0.1) is 25.2 Å². The molecule has 0 amide bonds. The highest BCUT2D eigenvalue weighted by molar-refractivity contribution is 5.99. The molecule has 2 heterocycles. The van der Waals surface area contributed by atoms with Crippen LogP contribution in [0.3, 0.4) is 0 Å². The summed E-state index contributed by atoms with van der Waals surface area (Å²) in [6.45, 7) is 6.11. The number of carbonyl (C=O) groups is 1. The second-order valence-corrected chi connectivity index (χ2v) is 3.66. The van der Waals surface area contributed by atoms with Crippen LogP contribution in [0.2, 0.25) is 0 Å². The van der Waals surface area contributed by atoms with Gasteiger partial charge in [0.1, 0.15) is 11.1 Å². The summed E-state index contributed by atoms with van der Waals surface area (Å²) in [6, 6.07) is 0. The predicted molar refractivity (Wildman–Crippen MR) is 65.8 cm³/mol. The van der Waals surface area contributed by atoms with Gasteiger partial charge in [-0.2, -0.15) is 0 Å². The number of aromatic nitrogens is 3. The summed E-state index contributed by atoms with van der Waals surface area (Å²) < 4.78 is 10.6. The van der Waals surface area contributed by atoms with Crippen molar-refractivity contribution in [2.45, 2.75) is 20.8 Å². The van der Waals surface area contributed by atoms with Crippen molar-refractivity contribution in [3.8, 4) is 5.75 Å². The van der Waals surface area contributed by atoms with E-state index in [2.05, 4.69) is 15.0 Å². The number of hydrogen-bond donors (Lipinski definition) is 1. The smallest absolute Gasteiger partial charge is 0.343 e. The minimum atomic E-state index is -0.428. The van der Waals surface area contributed by atoms with Crippen LogP contribution in [0.15, 0.2) is 6.33 Å². The lowest BCUT2D eigenvalue weighted by Gasteiger charge is -2.12. The van der Waals surface area contributed by atoms with Gasteiger partial charge < -0.3 is 14.5 Å². The average Bonchev–Trinajstić information content (AvgIpc) is 2.77. The van der Waals surface area contributed by atoms with Gasteiger partial charge in [0.15, 0.2) is 11.4 Å². The molecule has 6 nitrogen and oxygen atoms in total. The zero-order valence-corrected chi connectivity index (χ0v) is 10.6. The normalized spacial score (nSPS) is 10.6. The van der Waals surface area contributed by atoms with Crippen LogP contribution in [0.5, 0.6) is 5.75 Å². The first kappa shape index (κ1) is 12.3. The number of H-pyrrole nitrogens is 1. The van der Waals surface area contributed by atoms with E-state index in [9.17, 15) is 4.79 Å². The van der Waals surface area contributed by atoms with Gasteiger partial charge in [0.2, 0.25) is 0 Å². The molecule has 0 aliphatic rings. The molecule has 0 radical (unpaired) electrons. The maximum Gasteiger partial charge on any atom is 0.343 e. The molecule has 96 valence electrons. The van der Waals surface area contributed by atoms with Crippen molar-refractivity contribution in [2.24, 2.45) is 0 Å². The minimum absolute atomic E-state index is 0.310. The van der Waals surface area contributed by atoms with Crippen molar-refractivity contribution < 1.29 is 14.3 Å². The number of carbonyl (C=O) groups excluding carboxylic acids is 1. The molecule has 0 aliphatic heterocycles. The first-order valence-electron chi connectivity index (χ1n) is 5.82. The summed E-state index contributed by atoms with van der Waals surface area (Å²) in [5, 5.41) is 0. The Hall–Kier alpha value is -2.11. The lowest BCUT2D eigenvalue weighted by Crippen LogP contribution is -2.11. The van der Waals surface area contributed by atoms with Crippen LogP contribution < -0.4 is 4.74 Å². The molecule has 18 heavy (non-hydrogen) atoms. The Bertz CT molecular complexity index is 577. The third-order valence-corrected chi connectivity index (χ3v) is 2.48. The topological polar surface area (TPSA) is 77.1 Å². The highest BCUT2D eigenvalue weighted by atomic mass is 16.5. The number of ether oxygens (including phenoxy) is 2. The Kier molecular flexibility index (Phi) is 3.45. The van der Waals surface area contributed by atoms with Crippen molar-refractivity contribution >= 4 is 17.1 Å². The van der Waals surface area contributed by atoms with Gasteiger partial charge in [-0.1, -0.05) is 0 Å². The highest BCUT2D eigenvalue weighted by Crippen LogP contribution is 2.29. The summed E-state index contributed by atoms with van der Waals surface area (Å²) in [5.41, 5.74) is 2.06. The number of esters is 1. The molecule has 0 saturated heterocycles. The quantitative estimate of drug-likeness (QED) is 0.836. The zero-order chi connectivity index (χ0) is 13.1. The van der Waals surface area contributed by atoms with E-state index in [1.807, 2.05) is 6.92 Å². The van der Waals surface area contributed by atoms with E-state index >= 15 is 0 Å². The molecular formula is C12H15N3O3. The van der Waals surface area contributed by atoms with Crippen LogP contribution >= 0.6 is 0 Å². The minimum Gasteiger partial charge on any atom is -0.491 e. The van der Waals surface area contributed by atoms with Crippen molar-refractivity contribution in [1.82, 2.24) is 15.0 Å². The second-order valence-electron chi connectivity index (χ2n) is 3.66. The Morgan fingerprint density at radius 3 is 2.83 bits per heavy atom. The van der Waals surface area contributed by atoms with Crippen molar-refractivity contribution in [1.29, 1.82) is 0 Å². The monoisotopic (exact) mass is 249 g/mol. The lowest BCUT2D eigenvalue weighted by molar-refractivity contribution is 0.0521. The maximum atomic E-state index is 12.0. The molecule has 0 atom stereocenters. The molecule has 2 aromatic rings. The predicted octanol–water partition coefficient (Wildman–Crippen LogP) is 1.84. The van der Waals surface area contributed by atoms with Gasteiger partial charge in [-0.25, -0.2) is 14.8 Å². The number of pyridine rings is 1. The maximum absolute atomic E-state index is 12.0. The standard InChI is InChI=1S/C12H15N3O3/c1-4-17-10-8(12(16)18-5-2)7(3)15-11-9(10)13-6-14-11/h6H,4-5H2,1-3H3,(H,13,14,15). The fraction of sp³-hybridized carbons (Fsp3) is 0.417. The molecule has 0 unspecified atom stereocenters. The zero-order valence-electron chi connectivity index (χ0n) is 10.6. The molecular weight excluding hydrogens is 234 g/mol. The first-order valence-corrected chi connectivity index (χ1v) is 5.82. The average molecular weight is 249 g/mol. The molecule has 0 aliphatic carbocycles. The van der Waals surface area contributed by atoms with Gasteiger partial charge in [-0.15, -0.1) is 0 Å². The summed E-state index contributed by atoms with van der Waals surface area (Å²) in [5.74, 6) is 0.0263. The van der Waals surface area contributed by atoms with Crippen molar-refractivity contribution in [2.75, 3.05) is 13.2 Å². The Morgan fingerprint density at radius 2 is 2.17 bits per heavy atom. The summed E-state index contributed by atoms with van der Waals surface area (Å²) >= 11 is 0. The third-order valence-electron chi connectivity index (χ3n) is 2.48.